The molecule has 16 heavy (non-hydrogen) atoms. The Balaban J connectivity index is 4.52. The summed E-state index contributed by atoms with van der Waals surface area (Å²) < 4.78 is 4.67. The van der Waals surface area contributed by atoms with Crippen LogP contribution in [0.3, 0.4) is 0 Å². The van der Waals surface area contributed by atoms with Gasteiger partial charge >= 0.3 is 5.97 Å². The third-order valence-electron chi connectivity index (χ3n) is 1.82. The Hall–Kier alpha value is -1.62. The van der Waals surface area contributed by atoms with Gasteiger partial charge in [0.1, 0.15) is 0 Å². The van der Waals surface area contributed by atoms with Gasteiger partial charge in [-0.05, 0) is 6.92 Å². The first kappa shape index (κ1) is 14.4. The second-order valence-corrected chi connectivity index (χ2v) is 3.05. The molecule has 0 aliphatic heterocycles. The molecule has 0 aromatic rings. The van der Waals surface area contributed by atoms with Crippen molar-refractivity contribution in [3.8, 4) is 0 Å². The number of carbonyl (C=O) groups excluding carboxylic acids is 2. The number of carbonyl (C=O) groups is 2. The van der Waals surface area contributed by atoms with Gasteiger partial charge in [0.15, 0.2) is 6.04 Å². The van der Waals surface area contributed by atoms with E-state index in [9.17, 15) is 9.59 Å². The first-order valence-corrected chi connectivity index (χ1v) is 5.01. The fraction of sp³-hybridized carbons (Fsp3) is 0.455. The van der Waals surface area contributed by atoms with E-state index in [1.807, 2.05) is 0 Å². The molecule has 1 atom stereocenters. The summed E-state index contributed by atoms with van der Waals surface area (Å²) in [7, 11) is 0. The molecule has 0 aliphatic carbocycles. The van der Waals surface area contributed by atoms with Gasteiger partial charge in [-0.2, -0.15) is 0 Å². The number of amides is 1. The van der Waals surface area contributed by atoms with Crippen LogP contribution in [-0.2, 0) is 14.3 Å². The maximum atomic E-state index is 11.7. The van der Waals surface area contributed by atoms with E-state index in [1.54, 1.807) is 19.1 Å². The van der Waals surface area contributed by atoms with Crippen LogP contribution in [0.25, 0.3) is 0 Å². The average molecular weight is 226 g/mol. The van der Waals surface area contributed by atoms with Crippen LogP contribution in [0.5, 0.6) is 0 Å². The molecule has 0 rings (SSSR count). The molecule has 0 aromatic heterocycles. The van der Waals surface area contributed by atoms with Gasteiger partial charge in [0.05, 0.1) is 6.61 Å². The number of hydrogen-bond acceptors (Lipinski definition) is 4. The number of nitrogens with two attached hydrogens (primary N) is 1. The lowest BCUT2D eigenvalue weighted by molar-refractivity contribution is -0.150. The fourth-order valence-corrected chi connectivity index (χ4v) is 1.10. The summed E-state index contributed by atoms with van der Waals surface area (Å²) in [6, 6.07) is -1.28. The van der Waals surface area contributed by atoms with E-state index in [1.165, 1.54) is 4.90 Å². The second-order valence-electron chi connectivity index (χ2n) is 3.05. The van der Waals surface area contributed by atoms with Crippen LogP contribution in [0.2, 0.25) is 0 Å². The van der Waals surface area contributed by atoms with Gasteiger partial charge in [-0.3, -0.25) is 4.79 Å². The molecular formula is C11H18N2O3. The Labute approximate surface area is 95.5 Å². The smallest absolute Gasteiger partial charge is 0.332 e. The number of rotatable bonds is 7. The number of esters is 1. The lowest BCUT2D eigenvalue weighted by Gasteiger charge is -2.22. The molecule has 0 saturated carbocycles. The number of hydrogen-bond donors (Lipinski definition) is 1. The highest BCUT2D eigenvalue weighted by Gasteiger charge is 2.27. The van der Waals surface area contributed by atoms with Crippen molar-refractivity contribution in [1.82, 2.24) is 4.90 Å². The summed E-state index contributed by atoms with van der Waals surface area (Å²) in [4.78, 5) is 24.4. The molecule has 0 fully saturated rings. The van der Waals surface area contributed by atoms with Crippen LogP contribution < -0.4 is 5.73 Å². The summed E-state index contributed by atoms with van der Waals surface area (Å²) >= 11 is 0. The lowest BCUT2D eigenvalue weighted by atomic mass is 10.2. The molecular weight excluding hydrogens is 208 g/mol. The predicted octanol–water partition coefficient (Wildman–Crippen LogP) is 0.0774. The van der Waals surface area contributed by atoms with Crippen molar-refractivity contribution < 1.29 is 14.3 Å². The maximum Gasteiger partial charge on any atom is 0.332 e. The normalized spacial score (nSPS) is 11.4. The van der Waals surface area contributed by atoms with E-state index in [-0.39, 0.29) is 6.61 Å². The topological polar surface area (TPSA) is 72.6 Å². The summed E-state index contributed by atoms with van der Waals surface area (Å²) in [5.74, 6) is -1.20. The van der Waals surface area contributed by atoms with Crippen LogP contribution in [0.15, 0.2) is 25.3 Å². The van der Waals surface area contributed by atoms with Gasteiger partial charge in [0, 0.05) is 13.1 Å². The average Bonchev–Trinajstić information content (AvgIpc) is 2.27. The van der Waals surface area contributed by atoms with Crippen molar-refractivity contribution in [2.75, 3.05) is 19.7 Å². The highest BCUT2D eigenvalue weighted by Crippen LogP contribution is 1.97. The monoisotopic (exact) mass is 226 g/mol. The molecule has 0 aromatic carbocycles. The van der Waals surface area contributed by atoms with Gasteiger partial charge in [0.2, 0.25) is 0 Å². The fourth-order valence-electron chi connectivity index (χ4n) is 1.10. The third kappa shape index (κ3) is 4.27. The molecule has 1 unspecified atom stereocenters. The second kappa shape index (κ2) is 7.64. The van der Waals surface area contributed by atoms with Crippen molar-refractivity contribution in [1.29, 1.82) is 0 Å². The molecule has 0 heterocycles. The van der Waals surface area contributed by atoms with Crippen molar-refractivity contribution >= 4 is 11.9 Å². The van der Waals surface area contributed by atoms with E-state index < -0.39 is 17.9 Å². The summed E-state index contributed by atoms with van der Waals surface area (Å²) in [6.45, 7) is 9.53. The highest BCUT2D eigenvalue weighted by atomic mass is 16.5. The minimum atomic E-state index is -1.28. The number of ether oxygens (including phenoxy) is 1. The Kier molecular flexibility index (Phi) is 6.87. The highest BCUT2D eigenvalue weighted by molar-refractivity contribution is 6.01. The molecule has 2 N–H and O–H groups in total. The summed E-state index contributed by atoms with van der Waals surface area (Å²) in [6.07, 6.45) is 3.11. The Morgan fingerprint density at radius 2 is 1.88 bits per heavy atom. The molecule has 0 spiro atoms. The van der Waals surface area contributed by atoms with Crippen molar-refractivity contribution in [3.05, 3.63) is 25.3 Å². The van der Waals surface area contributed by atoms with Gasteiger partial charge in [0.25, 0.3) is 5.91 Å². The van der Waals surface area contributed by atoms with Gasteiger partial charge < -0.3 is 15.4 Å². The predicted molar refractivity (Wildman–Crippen MR) is 61.6 cm³/mol. The minimum absolute atomic E-state index is 0.197. The minimum Gasteiger partial charge on any atom is -0.464 e. The zero-order valence-electron chi connectivity index (χ0n) is 9.52. The standard InChI is InChI=1S/C11H18N2O3/c1-4-7-13(8-5-2)10(14)9(12)11(15)16-6-3/h4-5,9H,1-2,6-8,12H2,3H3. The van der Waals surface area contributed by atoms with E-state index >= 15 is 0 Å². The third-order valence-corrected chi connectivity index (χ3v) is 1.82. The molecule has 0 bridgehead atoms. The van der Waals surface area contributed by atoms with E-state index in [0.29, 0.717) is 13.1 Å². The van der Waals surface area contributed by atoms with Crippen LogP contribution in [0.1, 0.15) is 6.92 Å². The van der Waals surface area contributed by atoms with Crippen LogP contribution in [0.4, 0.5) is 0 Å². The van der Waals surface area contributed by atoms with Gasteiger partial charge in [-0.1, -0.05) is 12.2 Å². The lowest BCUT2D eigenvalue weighted by Crippen LogP contribution is -2.49. The molecule has 5 heteroatoms. The van der Waals surface area contributed by atoms with E-state index in [4.69, 9.17) is 5.73 Å². The van der Waals surface area contributed by atoms with Crippen LogP contribution in [-0.4, -0.2) is 42.5 Å². The first-order chi connectivity index (χ1) is 7.58. The Morgan fingerprint density at radius 3 is 2.25 bits per heavy atom. The Morgan fingerprint density at radius 1 is 1.38 bits per heavy atom. The van der Waals surface area contributed by atoms with E-state index in [0.717, 1.165) is 0 Å². The van der Waals surface area contributed by atoms with Gasteiger partial charge in [-0.25, -0.2) is 4.79 Å². The van der Waals surface area contributed by atoms with Gasteiger partial charge in [-0.15, -0.1) is 13.2 Å². The molecule has 90 valence electrons. The maximum absolute atomic E-state index is 11.7. The Bertz CT molecular complexity index is 266. The summed E-state index contributed by atoms with van der Waals surface area (Å²) in [5.41, 5.74) is 5.47. The molecule has 5 nitrogen and oxygen atoms in total. The van der Waals surface area contributed by atoms with E-state index in [2.05, 4.69) is 17.9 Å². The van der Waals surface area contributed by atoms with Crippen LogP contribution >= 0.6 is 0 Å². The molecule has 0 aliphatic rings. The summed E-state index contributed by atoms with van der Waals surface area (Å²) in [5, 5.41) is 0. The zero-order valence-corrected chi connectivity index (χ0v) is 9.52. The SMILES string of the molecule is C=CCN(CC=C)C(=O)C(N)C(=O)OCC. The molecule has 1 amide bonds. The number of nitrogens with zero attached hydrogens (tertiary/aromatic N) is 1. The zero-order chi connectivity index (χ0) is 12.6. The van der Waals surface area contributed by atoms with Crippen molar-refractivity contribution in [2.24, 2.45) is 5.73 Å². The largest absolute Gasteiger partial charge is 0.464 e. The first-order valence-electron chi connectivity index (χ1n) is 5.01. The van der Waals surface area contributed by atoms with Crippen molar-refractivity contribution in [2.45, 2.75) is 13.0 Å². The quantitative estimate of drug-likeness (QED) is 0.379. The molecule has 0 saturated heterocycles. The molecule has 0 radical (unpaired) electrons. The van der Waals surface area contributed by atoms with Crippen LogP contribution in [0, 0.1) is 0 Å². The van der Waals surface area contributed by atoms with Crippen molar-refractivity contribution in [3.63, 3.8) is 0 Å².